The molecule has 34 heavy (non-hydrogen) atoms. The fraction of sp³-hybridized carbons (Fsp3) is 0.308. The van der Waals surface area contributed by atoms with E-state index in [2.05, 4.69) is 15.8 Å². The standard InChI is InChI=1S/C26H23Cl2FN4O/c1-3-16-11-17-18(20(29)12-16)14-26(25(17)30)7-9-32(10-8-26)22-13-23(34)33(15(2)31-22)21-6-4-5-19(27)24(21)28/h1,4-6,11-13,25H,7-10,14,30H2,2H3/t25-/m1/s1. The summed E-state index contributed by atoms with van der Waals surface area (Å²) in [7, 11) is 0. The molecule has 2 aliphatic rings. The van der Waals surface area contributed by atoms with Gasteiger partial charge in [0.05, 0.1) is 15.7 Å². The molecule has 0 bridgehead atoms. The summed E-state index contributed by atoms with van der Waals surface area (Å²) in [5, 5.41) is 0.675. The molecular formula is C26H23Cl2FN4O. The number of aromatic nitrogens is 2. The Morgan fingerprint density at radius 1 is 1.24 bits per heavy atom. The summed E-state index contributed by atoms with van der Waals surface area (Å²) < 4.78 is 16.1. The van der Waals surface area contributed by atoms with Crippen LogP contribution < -0.4 is 16.2 Å². The van der Waals surface area contributed by atoms with Crippen molar-refractivity contribution in [1.29, 1.82) is 0 Å². The van der Waals surface area contributed by atoms with Gasteiger partial charge in [-0.25, -0.2) is 9.37 Å². The number of nitrogens with zero attached hydrogens (tertiary/aromatic N) is 3. The summed E-state index contributed by atoms with van der Waals surface area (Å²) in [6.07, 6.45) is 7.60. The second-order valence-corrected chi connectivity index (χ2v) is 9.87. The van der Waals surface area contributed by atoms with Gasteiger partial charge in [-0.3, -0.25) is 9.36 Å². The van der Waals surface area contributed by atoms with E-state index in [1.807, 2.05) is 6.07 Å². The number of halogens is 3. The normalized spacial score (nSPS) is 18.7. The average molecular weight is 497 g/mol. The largest absolute Gasteiger partial charge is 0.356 e. The van der Waals surface area contributed by atoms with E-state index in [1.165, 1.54) is 16.7 Å². The minimum atomic E-state index is -0.278. The first-order valence-corrected chi connectivity index (χ1v) is 11.8. The maximum Gasteiger partial charge on any atom is 0.260 e. The minimum absolute atomic E-state index is 0.231. The van der Waals surface area contributed by atoms with Crippen LogP contribution in [0.2, 0.25) is 10.0 Å². The third kappa shape index (κ3) is 3.60. The van der Waals surface area contributed by atoms with Crippen LogP contribution in [0.1, 0.15) is 41.4 Å². The molecule has 8 heteroatoms. The average Bonchev–Trinajstić information content (AvgIpc) is 3.08. The van der Waals surface area contributed by atoms with Gasteiger partial charge in [0.15, 0.2) is 0 Å². The molecule has 2 N–H and O–H groups in total. The fourth-order valence-corrected chi connectivity index (χ4v) is 5.75. The van der Waals surface area contributed by atoms with Crippen LogP contribution in [0.25, 0.3) is 5.69 Å². The van der Waals surface area contributed by atoms with Gasteiger partial charge in [0.2, 0.25) is 0 Å². The number of hydrogen-bond donors (Lipinski definition) is 1. The van der Waals surface area contributed by atoms with Crippen molar-refractivity contribution < 1.29 is 4.39 Å². The predicted molar refractivity (Wildman–Crippen MR) is 133 cm³/mol. The summed E-state index contributed by atoms with van der Waals surface area (Å²) >= 11 is 12.5. The quantitative estimate of drug-likeness (QED) is 0.517. The van der Waals surface area contributed by atoms with Crippen molar-refractivity contribution in [3.8, 4) is 18.0 Å². The van der Waals surface area contributed by atoms with E-state index in [9.17, 15) is 9.18 Å². The number of piperidine rings is 1. The Kier molecular flexibility index (Phi) is 5.68. The SMILES string of the molecule is C#Cc1cc(F)c2c(c1)[C@@H](N)C1(CCN(c3cc(=O)n(-c4cccc(Cl)c4Cl)c(C)n3)CC1)C2. The summed E-state index contributed by atoms with van der Waals surface area (Å²) in [4.78, 5) is 19.8. The molecule has 5 rings (SSSR count). The first-order valence-electron chi connectivity index (χ1n) is 11.1. The van der Waals surface area contributed by atoms with Crippen LogP contribution >= 0.6 is 23.2 Å². The van der Waals surface area contributed by atoms with E-state index >= 15 is 0 Å². The monoisotopic (exact) mass is 496 g/mol. The van der Waals surface area contributed by atoms with Crippen LogP contribution in [0.5, 0.6) is 0 Å². The van der Waals surface area contributed by atoms with E-state index in [-0.39, 0.29) is 22.8 Å². The van der Waals surface area contributed by atoms with Crippen molar-refractivity contribution in [1.82, 2.24) is 9.55 Å². The molecule has 0 radical (unpaired) electrons. The summed E-state index contributed by atoms with van der Waals surface area (Å²) in [6, 6.07) is 9.64. The van der Waals surface area contributed by atoms with E-state index in [4.69, 9.17) is 35.4 Å². The molecule has 174 valence electrons. The lowest BCUT2D eigenvalue weighted by Crippen LogP contribution is -2.45. The van der Waals surface area contributed by atoms with Crippen LogP contribution in [0.3, 0.4) is 0 Å². The molecule has 1 saturated heterocycles. The molecular weight excluding hydrogens is 474 g/mol. The molecule has 1 atom stereocenters. The highest BCUT2D eigenvalue weighted by Crippen LogP contribution is 2.51. The van der Waals surface area contributed by atoms with E-state index in [0.29, 0.717) is 58.0 Å². The van der Waals surface area contributed by atoms with Crippen LogP contribution in [-0.4, -0.2) is 22.6 Å². The predicted octanol–water partition coefficient (Wildman–Crippen LogP) is 4.81. The van der Waals surface area contributed by atoms with Gasteiger partial charge >= 0.3 is 0 Å². The van der Waals surface area contributed by atoms with Gasteiger partial charge < -0.3 is 10.6 Å². The first kappa shape index (κ1) is 22.9. The Hall–Kier alpha value is -2.85. The number of nitrogens with two attached hydrogens (primary N) is 1. The third-order valence-corrected chi connectivity index (χ3v) is 8.06. The minimum Gasteiger partial charge on any atom is -0.356 e. The van der Waals surface area contributed by atoms with Crippen molar-refractivity contribution in [3.05, 3.63) is 85.1 Å². The topological polar surface area (TPSA) is 64.2 Å². The van der Waals surface area contributed by atoms with Crippen molar-refractivity contribution in [2.75, 3.05) is 18.0 Å². The second-order valence-electron chi connectivity index (χ2n) is 9.08. The highest BCUT2D eigenvalue weighted by atomic mass is 35.5. The molecule has 1 aromatic heterocycles. The van der Waals surface area contributed by atoms with Crippen molar-refractivity contribution in [2.45, 2.75) is 32.2 Å². The molecule has 1 fully saturated rings. The van der Waals surface area contributed by atoms with Gasteiger partial charge in [-0.2, -0.15) is 0 Å². The van der Waals surface area contributed by atoms with Crippen LogP contribution in [-0.2, 0) is 6.42 Å². The summed E-state index contributed by atoms with van der Waals surface area (Å²) in [5.41, 5.74) is 8.68. The van der Waals surface area contributed by atoms with Gasteiger partial charge in [-0.05, 0) is 67.0 Å². The Morgan fingerprint density at radius 2 is 1.97 bits per heavy atom. The van der Waals surface area contributed by atoms with Gasteiger partial charge in [0.1, 0.15) is 17.5 Å². The third-order valence-electron chi connectivity index (χ3n) is 7.25. The number of rotatable bonds is 2. The van der Waals surface area contributed by atoms with Crippen LogP contribution in [0, 0.1) is 30.5 Å². The molecule has 1 aliphatic carbocycles. The molecule has 2 aromatic carbocycles. The second kappa shape index (κ2) is 8.42. The van der Waals surface area contributed by atoms with Crippen molar-refractivity contribution in [3.63, 3.8) is 0 Å². The van der Waals surface area contributed by atoms with Gasteiger partial charge in [0.25, 0.3) is 5.56 Å². The molecule has 3 aromatic rings. The molecule has 1 spiro atoms. The summed E-state index contributed by atoms with van der Waals surface area (Å²) in [5.74, 6) is 3.36. The molecule has 2 heterocycles. The number of fused-ring (bicyclic) bond motifs is 1. The zero-order valence-corrected chi connectivity index (χ0v) is 20.1. The van der Waals surface area contributed by atoms with Gasteiger partial charge in [-0.1, -0.05) is 35.2 Å². The summed E-state index contributed by atoms with van der Waals surface area (Å²) in [6.45, 7) is 3.10. The van der Waals surface area contributed by atoms with E-state index in [0.717, 1.165) is 18.4 Å². The highest BCUT2D eigenvalue weighted by Gasteiger charge is 2.47. The number of anilines is 1. The van der Waals surface area contributed by atoms with Crippen molar-refractivity contribution >= 4 is 29.0 Å². The maximum absolute atomic E-state index is 14.7. The van der Waals surface area contributed by atoms with Crippen molar-refractivity contribution in [2.24, 2.45) is 11.1 Å². The van der Waals surface area contributed by atoms with E-state index in [1.54, 1.807) is 25.1 Å². The molecule has 0 saturated carbocycles. The lowest BCUT2D eigenvalue weighted by molar-refractivity contribution is 0.186. The lowest BCUT2D eigenvalue weighted by atomic mass is 9.73. The number of hydrogen-bond acceptors (Lipinski definition) is 4. The zero-order valence-electron chi connectivity index (χ0n) is 18.6. The van der Waals surface area contributed by atoms with Crippen LogP contribution in [0.4, 0.5) is 10.2 Å². The molecule has 5 nitrogen and oxygen atoms in total. The van der Waals surface area contributed by atoms with Gasteiger partial charge in [-0.15, -0.1) is 6.42 Å². The Bertz CT molecular complexity index is 1400. The molecule has 1 aliphatic heterocycles. The smallest absolute Gasteiger partial charge is 0.260 e. The fourth-order valence-electron chi connectivity index (χ4n) is 5.37. The van der Waals surface area contributed by atoms with Gasteiger partial charge in [0, 0.05) is 30.8 Å². The number of terminal acetylenes is 1. The molecule has 0 amide bonds. The maximum atomic E-state index is 14.7. The first-order chi connectivity index (χ1) is 16.2. The number of benzene rings is 2. The van der Waals surface area contributed by atoms with E-state index < -0.39 is 0 Å². The Morgan fingerprint density at radius 3 is 2.65 bits per heavy atom. The number of aryl methyl sites for hydroxylation is 1. The lowest BCUT2D eigenvalue weighted by Gasteiger charge is -2.42. The van der Waals surface area contributed by atoms with Crippen LogP contribution in [0.15, 0.2) is 41.2 Å². The molecule has 0 unspecified atom stereocenters. The highest BCUT2D eigenvalue weighted by molar-refractivity contribution is 6.43. The zero-order chi connectivity index (χ0) is 24.2. The Labute approximate surface area is 207 Å². The Balaban J connectivity index is 1.40.